The fraction of sp³-hybridized carbons (Fsp3) is 0.0833. The summed E-state index contributed by atoms with van der Waals surface area (Å²) in [5.41, 5.74) is 2.13. The van der Waals surface area contributed by atoms with E-state index >= 15 is 0 Å². The van der Waals surface area contributed by atoms with E-state index in [4.69, 9.17) is 0 Å². The van der Waals surface area contributed by atoms with Crippen molar-refractivity contribution in [2.24, 2.45) is 0 Å². The SMILES string of the molecule is Cc1ccnc(Nc2ccc(Br)cc2Br)c1Br. The van der Waals surface area contributed by atoms with E-state index in [1.807, 2.05) is 31.2 Å². The molecule has 2 rings (SSSR count). The fourth-order valence-electron chi connectivity index (χ4n) is 1.35. The molecule has 0 aliphatic carbocycles. The van der Waals surface area contributed by atoms with Gasteiger partial charge in [0.2, 0.25) is 0 Å². The first-order valence-electron chi connectivity index (χ1n) is 4.91. The van der Waals surface area contributed by atoms with E-state index in [9.17, 15) is 0 Å². The summed E-state index contributed by atoms with van der Waals surface area (Å²) in [7, 11) is 0. The molecular weight excluding hydrogens is 412 g/mol. The number of nitrogens with one attached hydrogen (secondary N) is 1. The van der Waals surface area contributed by atoms with Crippen molar-refractivity contribution in [1.29, 1.82) is 0 Å². The molecule has 1 aromatic carbocycles. The van der Waals surface area contributed by atoms with Crippen molar-refractivity contribution < 1.29 is 0 Å². The van der Waals surface area contributed by atoms with Gasteiger partial charge in [-0.1, -0.05) is 15.9 Å². The second kappa shape index (κ2) is 5.50. The third-order valence-corrected chi connectivity index (χ3v) is 4.42. The minimum Gasteiger partial charge on any atom is -0.338 e. The highest BCUT2D eigenvalue weighted by Crippen LogP contribution is 2.31. The zero-order chi connectivity index (χ0) is 12.4. The summed E-state index contributed by atoms with van der Waals surface area (Å²) in [6.45, 7) is 2.04. The van der Waals surface area contributed by atoms with Gasteiger partial charge in [0.25, 0.3) is 0 Å². The normalized spacial score (nSPS) is 10.4. The molecule has 0 unspecified atom stereocenters. The Morgan fingerprint density at radius 3 is 2.59 bits per heavy atom. The van der Waals surface area contributed by atoms with Crippen LogP contribution in [0.15, 0.2) is 43.9 Å². The van der Waals surface area contributed by atoms with Crippen LogP contribution >= 0.6 is 47.8 Å². The molecular formula is C12H9Br3N2. The number of benzene rings is 1. The molecule has 88 valence electrons. The lowest BCUT2D eigenvalue weighted by Crippen LogP contribution is -1.96. The van der Waals surface area contributed by atoms with Gasteiger partial charge in [-0.15, -0.1) is 0 Å². The van der Waals surface area contributed by atoms with Crippen molar-refractivity contribution in [3.05, 3.63) is 49.4 Å². The summed E-state index contributed by atoms with van der Waals surface area (Å²) in [5, 5.41) is 3.28. The van der Waals surface area contributed by atoms with Gasteiger partial charge in [-0.2, -0.15) is 0 Å². The molecule has 0 aliphatic heterocycles. The Kier molecular flexibility index (Phi) is 4.22. The fourth-order valence-corrected chi connectivity index (χ4v) is 2.83. The van der Waals surface area contributed by atoms with Crippen molar-refractivity contribution in [3.8, 4) is 0 Å². The van der Waals surface area contributed by atoms with Crippen LogP contribution in [0.2, 0.25) is 0 Å². The minimum absolute atomic E-state index is 0.813. The van der Waals surface area contributed by atoms with Gasteiger partial charge < -0.3 is 5.32 Å². The molecule has 1 aromatic heterocycles. The number of rotatable bonds is 2. The highest BCUT2D eigenvalue weighted by atomic mass is 79.9. The van der Waals surface area contributed by atoms with Gasteiger partial charge >= 0.3 is 0 Å². The summed E-state index contributed by atoms with van der Waals surface area (Å²) in [4.78, 5) is 4.31. The van der Waals surface area contributed by atoms with Gasteiger partial charge in [0.05, 0.1) is 10.2 Å². The van der Waals surface area contributed by atoms with Gasteiger partial charge in [-0.3, -0.25) is 0 Å². The molecule has 0 saturated carbocycles. The van der Waals surface area contributed by atoms with Crippen LogP contribution in [0.25, 0.3) is 0 Å². The first kappa shape index (κ1) is 13.1. The Hall–Kier alpha value is -0.390. The predicted octanol–water partition coefficient (Wildman–Crippen LogP) is 5.42. The topological polar surface area (TPSA) is 24.9 Å². The third kappa shape index (κ3) is 3.09. The Morgan fingerprint density at radius 2 is 1.88 bits per heavy atom. The average molecular weight is 421 g/mol. The maximum atomic E-state index is 4.31. The van der Waals surface area contributed by atoms with E-state index in [1.165, 1.54) is 0 Å². The molecule has 1 heterocycles. The molecule has 0 amide bonds. The Labute approximate surface area is 125 Å². The van der Waals surface area contributed by atoms with Crippen LogP contribution in [0, 0.1) is 6.92 Å². The monoisotopic (exact) mass is 418 g/mol. The van der Waals surface area contributed by atoms with Gasteiger partial charge in [0.15, 0.2) is 0 Å². The third-order valence-electron chi connectivity index (χ3n) is 2.27. The van der Waals surface area contributed by atoms with E-state index in [0.29, 0.717) is 0 Å². The summed E-state index contributed by atoms with van der Waals surface area (Å²) >= 11 is 10.5. The first-order valence-corrected chi connectivity index (χ1v) is 7.29. The molecule has 2 aromatic rings. The summed E-state index contributed by atoms with van der Waals surface area (Å²) in [5.74, 6) is 0.813. The van der Waals surface area contributed by atoms with Crippen LogP contribution in [0.5, 0.6) is 0 Å². The van der Waals surface area contributed by atoms with Gasteiger partial charge in [-0.25, -0.2) is 4.98 Å². The molecule has 2 nitrogen and oxygen atoms in total. The van der Waals surface area contributed by atoms with Crippen LogP contribution in [0.1, 0.15) is 5.56 Å². The van der Waals surface area contributed by atoms with E-state index < -0.39 is 0 Å². The summed E-state index contributed by atoms with van der Waals surface area (Å²) in [6, 6.07) is 7.93. The minimum atomic E-state index is 0.813. The molecule has 0 fully saturated rings. The predicted molar refractivity (Wildman–Crippen MR) is 81.8 cm³/mol. The number of anilines is 2. The number of nitrogens with zero attached hydrogens (tertiary/aromatic N) is 1. The Morgan fingerprint density at radius 1 is 1.12 bits per heavy atom. The van der Waals surface area contributed by atoms with Crippen molar-refractivity contribution in [1.82, 2.24) is 4.98 Å². The summed E-state index contributed by atoms with van der Waals surface area (Å²) < 4.78 is 3.00. The lowest BCUT2D eigenvalue weighted by atomic mass is 10.3. The van der Waals surface area contributed by atoms with Crippen molar-refractivity contribution in [2.75, 3.05) is 5.32 Å². The second-order valence-corrected chi connectivity index (χ2v) is 6.10. The van der Waals surface area contributed by atoms with Crippen LogP contribution in [-0.2, 0) is 0 Å². The molecule has 0 bridgehead atoms. The van der Waals surface area contributed by atoms with E-state index in [2.05, 4.69) is 58.1 Å². The van der Waals surface area contributed by atoms with Crippen molar-refractivity contribution >= 4 is 59.3 Å². The molecule has 0 atom stereocenters. The largest absolute Gasteiger partial charge is 0.338 e. The number of hydrogen-bond acceptors (Lipinski definition) is 2. The number of pyridine rings is 1. The van der Waals surface area contributed by atoms with Gasteiger partial charge in [0.1, 0.15) is 5.82 Å². The van der Waals surface area contributed by atoms with E-state index in [1.54, 1.807) is 6.20 Å². The molecule has 0 aliphatic rings. The highest BCUT2D eigenvalue weighted by Gasteiger charge is 2.06. The Balaban J connectivity index is 2.35. The molecule has 0 radical (unpaired) electrons. The quantitative estimate of drug-likeness (QED) is 0.701. The first-order chi connectivity index (χ1) is 8.08. The Bertz CT molecular complexity index is 555. The smallest absolute Gasteiger partial charge is 0.144 e. The number of aromatic nitrogens is 1. The number of hydrogen-bond donors (Lipinski definition) is 1. The van der Waals surface area contributed by atoms with Crippen LogP contribution in [0.4, 0.5) is 11.5 Å². The molecule has 5 heteroatoms. The maximum Gasteiger partial charge on any atom is 0.144 e. The van der Waals surface area contributed by atoms with Crippen molar-refractivity contribution in [3.63, 3.8) is 0 Å². The zero-order valence-corrected chi connectivity index (χ0v) is 13.7. The number of aryl methyl sites for hydroxylation is 1. The van der Waals surface area contributed by atoms with Crippen LogP contribution in [-0.4, -0.2) is 4.98 Å². The lowest BCUT2D eigenvalue weighted by molar-refractivity contribution is 1.25. The molecule has 1 N–H and O–H groups in total. The van der Waals surface area contributed by atoms with Crippen LogP contribution in [0.3, 0.4) is 0 Å². The van der Waals surface area contributed by atoms with Crippen molar-refractivity contribution in [2.45, 2.75) is 6.92 Å². The lowest BCUT2D eigenvalue weighted by Gasteiger charge is -2.10. The molecule has 0 saturated heterocycles. The van der Waals surface area contributed by atoms with Crippen LogP contribution < -0.4 is 5.32 Å². The highest BCUT2D eigenvalue weighted by molar-refractivity contribution is 9.11. The standard InChI is InChI=1S/C12H9Br3N2/c1-7-4-5-16-12(11(7)15)17-10-3-2-8(13)6-9(10)14/h2-6H,1H3,(H,16,17). The molecule has 0 spiro atoms. The van der Waals surface area contributed by atoms with Gasteiger partial charge in [-0.05, 0) is 68.6 Å². The van der Waals surface area contributed by atoms with E-state index in [0.717, 1.165) is 30.5 Å². The van der Waals surface area contributed by atoms with Gasteiger partial charge in [0, 0.05) is 15.1 Å². The van der Waals surface area contributed by atoms with E-state index in [-0.39, 0.29) is 0 Å². The second-order valence-electron chi connectivity index (χ2n) is 3.54. The zero-order valence-electron chi connectivity index (χ0n) is 8.97. The average Bonchev–Trinajstić information content (AvgIpc) is 2.28. The maximum absolute atomic E-state index is 4.31. The summed E-state index contributed by atoms with van der Waals surface area (Å²) in [6.07, 6.45) is 1.79. The number of halogens is 3. The molecule has 17 heavy (non-hydrogen) atoms.